The number of nitrogens with one attached hydrogen (secondary N) is 2. The van der Waals surface area contributed by atoms with Crippen LogP contribution in [0.15, 0.2) is 18.2 Å². The lowest BCUT2D eigenvalue weighted by atomic mass is 10.1. The van der Waals surface area contributed by atoms with E-state index in [1.165, 1.54) is 18.2 Å². The molecule has 0 fully saturated rings. The van der Waals surface area contributed by atoms with Gasteiger partial charge in [-0.25, -0.2) is 0 Å². The van der Waals surface area contributed by atoms with Crippen LogP contribution in [0.3, 0.4) is 0 Å². The number of hydrogen-bond donors (Lipinski definition) is 4. The number of nitrogens with two attached hydrogens (primary N) is 1. The Morgan fingerprint density at radius 2 is 2.13 bits per heavy atom. The third-order valence-electron chi connectivity index (χ3n) is 3.17. The van der Waals surface area contributed by atoms with Gasteiger partial charge in [0.25, 0.3) is 5.69 Å². The monoisotopic (exact) mass is 324 g/mol. The van der Waals surface area contributed by atoms with E-state index < -0.39 is 22.8 Å². The Kier molecular flexibility index (Phi) is 7.10. The standard InChI is InChI=1S/C14H20N4O5/c1-9-3-4-10(18(22)23)7-11(9)17-13(19)8-12(14(20)21)16-6-2-5-15/h3-4,7,12,16H,2,5-6,8,15H2,1H3,(H,17,19)(H,20,21)/t12-/m1/s1. The van der Waals surface area contributed by atoms with Crippen LogP contribution in [-0.2, 0) is 9.59 Å². The molecule has 0 aliphatic rings. The molecule has 0 bridgehead atoms. The molecule has 0 spiro atoms. The van der Waals surface area contributed by atoms with Crippen LogP contribution in [0.2, 0.25) is 0 Å². The first-order valence-electron chi connectivity index (χ1n) is 7.06. The summed E-state index contributed by atoms with van der Waals surface area (Å²) in [6, 6.07) is 3.05. The highest BCUT2D eigenvalue weighted by Crippen LogP contribution is 2.22. The first-order valence-corrected chi connectivity index (χ1v) is 7.06. The van der Waals surface area contributed by atoms with Gasteiger partial charge in [0.05, 0.1) is 17.0 Å². The van der Waals surface area contributed by atoms with Gasteiger partial charge in [0.2, 0.25) is 5.91 Å². The van der Waals surface area contributed by atoms with E-state index in [0.29, 0.717) is 25.1 Å². The van der Waals surface area contributed by atoms with E-state index in [9.17, 15) is 19.7 Å². The number of non-ortho nitro benzene ring substituents is 1. The van der Waals surface area contributed by atoms with Crippen molar-refractivity contribution in [2.45, 2.75) is 25.8 Å². The minimum absolute atomic E-state index is 0.151. The van der Waals surface area contributed by atoms with Crippen LogP contribution in [0.4, 0.5) is 11.4 Å². The zero-order valence-corrected chi connectivity index (χ0v) is 12.7. The lowest BCUT2D eigenvalue weighted by Gasteiger charge is -2.14. The number of rotatable bonds is 9. The number of nitrogens with zero attached hydrogens (tertiary/aromatic N) is 1. The highest BCUT2D eigenvalue weighted by atomic mass is 16.6. The van der Waals surface area contributed by atoms with Gasteiger partial charge in [-0.05, 0) is 32.0 Å². The maximum Gasteiger partial charge on any atom is 0.321 e. The lowest BCUT2D eigenvalue weighted by Crippen LogP contribution is -2.40. The summed E-state index contributed by atoms with van der Waals surface area (Å²) in [4.78, 5) is 33.3. The zero-order valence-electron chi connectivity index (χ0n) is 12.7. The highest BCUT2D eigenvalue weighted by molar-refractivity contribution is 5.94. The van der Waals surface area contributed by atoms with Crippen molar-refractivity contribution in [1.82, 2.24) is 5.32 Å². The van der Waals surface area contributed by atoms with Crippen molar-refractivity contribution in [3.63, 3.8) is 0 Å². The minimum Gasteiger partial charge on any atom is -0.480 e. The van der Waals surface area contributed by atoms with Crippen molar-refractivity contribution < 1.29 is 19.6 Å². The van der Waals surface area contributed by atoms with Gasteiger partial charge >= 0.3 is 5.97 Å². The molecule has 0 heterocycles. The number of benzene rings is 1. The molecule has 0 aromatic heterocycles. The molecule has 9 heteroatoms. The van der Waals surface area contributed by atoms with Gasteiger partial charge in [0, 0.05) is 12.1 Å². The van der Waals surface area contributed by atoms with Crippen LogP contribution in [0, 0.1) is 17.0 Å². The summed E-state index contributed by atoms with van der Waals surface area (Å²) in [6.45, 7) is 2.49. The fourth-order valence-electron chi connectivity index (χ4n) is 1.87. The first kappa shape index (κ1) is 18.5. The number of carbonyl (C=O) groups excluding carboxylic acids is 1. The smallest absolute Gasteiger partial charge is 0.321 e. The summed E-state index contributed by atoms with van der Waals surface area (Å²) in [5.74, 6) is -1.69. The maximum atomic E-state index is 12.0. The van der Waals surface area contributed by atoms with Crippen LogP contribution >= 0.6 is 0 Å². The first-order chi connectivity index (χ1) is 10.8. The largest absolute Gasteiger partial charge is 0.480 e. The topological polar surface area (TPSA) is 148 Å². The van der Waals surface area contributed by atoms with Crippen LogP contribution in [0.5, 0.6) is 0 Å². The second-order valence-corrected chi connectivity index (χ2v) is 5.00. The van der Waals surface area contributed by atoms with Gasteiger partial charge in [-0.2, -0.15) is 0 Å². The fourth-order valence-corrected chi connectivity index (χ4v) is 1.87. The molecule has 23 heavy (non-hydrogen) atoms. The van der Waals surface area contributed by atoms with Gasteiger partial charge in [0.15, 0.2) is 0 Å². The molecule has 0 unspecified atom stereocenters. The Balaban J connectivity index is 2.72. The normalized spacial score (nSPS) is 11.7. The van der Waals surface area contributed by atoms with Crippen molar-refractivity contribution >= 4 is 23.3 Å². The highest BCUT2D eigenvalue weighted by Gasteiger charge is 2.21. The van der Waals surface area contributed by atoms with Crippen molar-refractivity contribution in [3.8, 4) is 0 Å². The van der Waals surface area contributed by atoms with Gasteiger partial charge < -0.3 is 21.5 Å². The number of nitro groups is 1. The van der Waals surface area contributed by atoms with Gasteiger partial charge in [-0.15, -0.1) is 0 Å². The number of carboxylic acids is 1. The summed E-state index contributed by atoms with van der Waals surface area (Å²) in [5, 5.41) is 25.1. The molecule has 0 aliphatic carbocycles. The van der Waals surface area contributed by atoms with Crippen LogP contribution in [0.25, 0.3) is 0 Å². The average Bonchev–Trinajstić information content (AvgIpc) is 2.48. The molecule has 1 aromatic carbocycles. The van der Waals surface area contributed by atoms with E-state index in [2.05, 4.69) is 10.6 Å². The Bertz CT molecular complexity index is 591. The summed E-state index contributed by atoms with van der Waals surface area (Å²) >= 11 is 0. The van der Waals surface area contributed by atoms with Crippen LogP contribution < -0.4 is 16.4 Å². The second kappa shape index (κ2) is 8.81. The number of amides is 1. The van der Waals surface area contributed by atoms with E-state index in [-0.39, 0.29) is 17.8 Å². The molecule has 0 saturated carbocycles. The van der Waals surface area contributed by atoms with Gasteiger partial charge in [-0.3, -0.25) is 19.7 Å². The molecule has 1 atom stereocenters. The van der Waals surface area contributed by atoms with Gasteiger partial charge in [0.1, 0.15) is 6.04 Å². The Hall–Kier alpha value is -2.52. The molecule has 1 amide bonds. The van der Waals surface area contributed by atoms with Gasteiger partial charge in [-0.1, -0.05) is 6.07 Å². The summed E-state index contributed by atoms with van der Waals surface area (Å²) in [7, 11) is 0. The van der Waals surface area contributed by atoms with E-state index in [4.69, 9.17) is 10.8 Å². The molecule has 5 N–H and O–H groups in total. The molecule has 0 saturated heterocycles. The Labute approximate surface area is 133 Å². The summed E-state index contributed by atoms with van der Waals surface area (Å²) < 4.78 is 0. The lowest BCUT2D eigenvalue weighted by molar-refractivity contribution is -0.384. The third kappa shape index (κ3) is 6.01. The van der Waals surface area contributed by atoms with Crippen LogP contribution in [0.1, 0.15) is 18.4 Å². The SMILES string of the molecule is Cc1ccc([N+](=O)[O-])cc1NC(=O)C[C@@H](NCCCN)C(=O)O. The molecular weight excluding hydrogens is 304 g/mol. The number of hydrogen-bond acceptors (Lipinski definition) is 6. The molecule has 1 rings (SSSR count). The van der Waals surface area contributed by atoms with Crippen molar-refractivity contribution in [1.29, 1.82) is 0 Å². The van der Waals surface area contributed by atoms with Crippen molar-refractivity contribution in [3.05, 3.63) is 33.9 Å². The number of carbonyl (C=O) groups is 2. The maximum absolute atomic E-state index is 12.0. The predicted molar refractivity (Wildman–Crippen MR) is 84.2 cm³/mol. The number of carboxylic acid groups (broad SMARTS) is 1. The number of nitro benzene ring substituents is 1. The minimum atomic E-state index is -1.15. The predicted octanol–water partition coefficient (Wildman–Crippen LogP) is 0.623. The van der Waals surface area contributed by atoms with E-state index >= 15 is 0 Å². The summed E-state index contributed by atoms with van der Waals surface area (Å²) in [6.07, 6.45) is 0.303. The number of anilines is 1. The molecule has 0 radical (unpaired) electrons. The Morgan fingerprint density at radius 3 is 2.70 bits per heavy atom. The van der Waals surface area contributed by atoms with Crippen molar-refractivity contribution in [2.24, 2.45) is 5.73 Å². The number of aliphatic carboxylic acids is 1. The third-order valence-corrected chi connectivity index (χ3v) is 3.17. The molecule has 9 nitrogen and oxygen atoms in total. The Morgan fingerprint density at radius 1 is 1.43 bits per heavy atom. The fraction of sp³-hybridized carbons (Fsp3) is 0.429. The van der Waals surface area contributed by atoms with E-state index in [1.807, 2.05) is 0 Å². The number of aryl methyl sites for hydroxylation is 1. The molecule has 0 aliphatic heterocycles. The molecule has 1 aromatic rings. The van der Waals surface area contributed by atoms with E-state index in [0.717, 1.165) is 0 Å². The van der Waals surface area contributed by atoms with Crippen LogP contribution in [-0.4, -0.2) is 41.0 Å². The van der Waals surface area contributed by atoms with E-state index in [1.54, 1.807) is 6.92 Å². The summed E-state index contributed by atoms with van der Waals surface area (Å²) in [5.41, 5.74) is 6.11. The quantitative estimate of drug-likeness (QED) is 0.296. The second-order valence-electron chi connectivity index (χ2n) is 5.00. The molecular formula is C14H20N4O5. The average molecular weight is 324 g/mol. The van der Waals surface area contributed by atoms with Crippen molar-refractivity contribution in [2.75, 3.05) is 18.4 Å². The molecule has 126 valence electrons. The zero-order chi connectivity index (χ0) is 17.4.